The van der Waals surface area contributed by atoms with Crippen LogP contribution in [0.2, 0.25) is 0 Å². The van der Waals surface area contributed by atoms with E-state index >= 15 is 0 Å². The molecule has 9 heteroatoms. The molecule has 0 fully saturated rings. The standard InChI is InChI=1S/C11H19N3O4S.ClH/c1-8(12-2)7-13-11(15)9-5-6-10(18-9)19(16,17)14(3)4;/h5-6,8,12H,7H2,1-4H3,(H,13,15);1H. The lowest BCUT2D eigenvalue weighted by Crippen LogP contribution is -2.37. The van der Waals surface area contributed by atoms with Gasteiger partial charge in [0.1, 0.15) is 0 Å². The second kappa shape index (κ2) is 7.63. The van der Waals surface area contributed by atoms with Crippen molar-refractivity contribution in [2.45, 2.75) is 18.1 Å². The Balaban J connectivity index is 0.00000361. The number of sulfonamides is 1. The highest BCUT2D eigenvalue weighted by molar-refractivity contribution is 7.88. The third-order valence-electron chi connectivity index (χ3n) is 2.60. The lowest BCUT2D eigenvalue weighted by molar-refractivity contribution is 0.0917. The van der Waals surface area contributed by atoms with Crippen molar-refractivity contribution in [3.05, 3.63) is 17.9 Å². The fourth-order valence-electron chi connectivity index (χ4n) is 1.20. The number of hydrogen-bond donors (Lipinski definition) is 2. The van der Waals surface area contributed by atoms with Gasteiger partial charge in [-0.25, -0.2) is 12.7 Å². The summed E-state index contributed by atoms with van der Waals surface area (Å²) in [4.78, 5) is 11.7. The van der Waals surface area contributed by atoms with Crippen molar-refractivity contribution in [3.63, 3.8) is 0 Å². The van der Waals surface area contributed by atoms with E-state index in [1.807, 2.05) is 6.92 Å². The highest BCUT2D eigenvalue weighted by Crippen LogP contribution is 2.16. The summed E-state index contributed by atoms with van der Waals surface area (Å²) in [6.45, 7) is 2.33. The first-order chi connectivity index (χ1) is 8.78. The number of carbonyl (C=O) groups excluding carboxylic acids is 1. The van der Waals surface area contributed by atoms with Crippen LogP contribution in [-0.4, -0.2) is 52.4 Å². The molecule has 1 atom stereocenters. The first kappa shape index (κ1) is 18.9. The fourth-order valence-corrected chi connectivity index (χ4v) is 1.99. The molecular weight excluding hydrogens is 306 g/mol. The molecule has 0 aromatic carbocycles. The van der Waals surface area contributed by atoms with Gasteiger partial charge in [-0.1, -0.05) is 0 Å². The summed E-state index contributed by atoms with van der Waals surface area (Å²) in [5.41, 5.74) is 0. The summed E-state index contributed by atoms with van der Waals surface area (Å²) < 4.78 is 29.6. The van der Waals surface area contributed by atoms with Gasteiger partial charge in [0.05, 0.1) is 0 Å². The number of furan rings is 1. The molecule has 1 amide bonds. The van der Waals surface area contributed by atoms with Crippen molar-refractivity contribution in [1.29, 1.82) is 0 Å². The van der Waals surface area contributed by atoms with E-state index in [0.29, 0.717) is 6.54 Å². The van der Waals surface area contributed by atoms with Gasteiger partial charge in [0.25, 0.3) is 15.9 Å². The number of rotatable bonds is 6. The van der Waals surface area contributed by atoms with Gasteiger partial charge in [-0.3, -0.25) is 4.79 Å². The van der Waals surface area contributed by atoms with Crippen molar-refractivity contribution < 1.29 is 17.6 Å². The van der Waals surface area contributed by atoms with Crippen molar-refractivity contribution in [2.75, 3.05) is 27.7 Å². The third-order valence-corrected chi connectivity index (χ3v) is 4.29. The third kappa shape index (κ3) is 4.48. The van der Waals surface area contributed by atoms with E-state index < -0.39 is 15.9 Å². The quantitative estimate of drug-likeness (QED) is 0.784. The van der Waals surface area contributed by atoms with Crippen molar-refractivity contribution >= 4 is 28.3 Å². The minimum absolute atomic E-state index is 0. The topological polar surface area (TPSA) is 91.6 Å². The van der Waals surface area contributed by atoms with Gasteiger partial charge in [-0.2, -0.15) is 0 Å². The maximum Gasteiger partial charge on any atom is 0.287 e. The van der Waals surface area contributed by atoms with Crippen LogP contribution in [0, 0.1) is 0 Å². The van der Waals surface area contributed by atoms with E-state index in [9.17, 15) is 13.2 Å². The number of amides is 1. The molecule has 0 radical (unpaired) electrons. The summed E-state index contributed by atoms with van der Waals surface area (Å²) in [6.07, 6.45) is 0. The molecule has 0 aliphatic rings. The average Bonchev–Trinajstić information content (AvgIpc) is 2.85. The Morgan fingerprint density at radius 2 is 2.00 bits per heavy atom. The van der Waals surface area contributed by atoms with Gasteiger partial charge in [-0.15, -0.1) is 12.4 Å². The molecule has 1 rings (SSSR count). The normalized spacial score (nSPS) is 12.8. The molecule has 1 aromatic rings. The Kier molecular flexibility index (Phi) is 7.21. The Labute approximate surface area is 125 Å². The second-order valence-electron chi connectivity index (χ2n) is 4.31. The molecule has 0 saturated heterocycles. The summed E-state index contributed by atoms with van der Waals surface area (Å²) in [6, 6.07) is 2.73. The van der Waals surface area contributed by atoms with Gasteiger partial charge < -0.3 is 15.1 Å². The van der Waals surface area contributed by atoms with Crippen molar-refractivity contribution in [2.24, 2.45) is 0 Å². The Morgan fingerprint density at radius 1 is 1.40 bits per heavy atom. The Bertz CT molecular complexity index is 542. The van der Waals surface area contributed by atoms with E-state index in [4.69, 9.17) is 4.42 Å². The SMILES string of the molecule is CNC(C)CNC(=O)c1ccc(S(=O)(=O)N(C)C)o1.Cl. The molecule has 1 aromatic heterocycles. The molecule has 20 heavy (non-hydrogen) atoms. The minimum Gasteiger partial charge on any atom is -0.438 e. The zero-order valence-corrected chi connectivity index (χ0v) is 13.5. The van der Waals surface area contributed by atoms with Crippen LogP contribution in [-0.2, 0) is 10.0 Å². The van der Waals surface area contributed by atoms with E-state index in [0.717, 1.165) is 4.31 Å². The summed E-state index contributed by atoms with van der Waals surface area (Å²) in [5.74, 6) is -0.467. The highest BCUT2D eigenvalue weighted by atomic mass is 35.5. The molecule has 2 N–H and O–H groups in total. The van der Waals surface area contributed by atoms with Crippen LogP contribution in [0.15, 0.2) is 21.6 Å². The van der Waals surface area contributed by atoms with Crippen LogP contribution < -0.4 is 10.6 Å². The summed E-state index contributed by atoms with van der Waals surface area (Å²) in [7, 11) is 0.922. The highest BCUT2D eigenvalue weighted by Gasteiger charge is 2.23. The van der Waals surface area contributed by atoms with E-state index in [1.54, 1.807) is 7.05 Å². The smallest absolute Gasteiger partial charge is 0.287 e. The first-order valence-electron chi connectivity index (χ1n) is 5.77. The van der Waals surface area contributed by atoms with E-state index in [1.165, 1.54) is 26.2 Å². The Morgan fingerprint density at radius 3 is 2.50 bits per heavy atom. The zero-order chi connectivity index (χ0) is 14.6. The number of nitrogens with one attached hydrogen (secondary N) is 2. The number of likely N-dealkylation sites (N-methyl/N-ethyl adjacent to an activating group) is 1. The molecule has 116 valence electrons. The molecule has 0 saturated carbocycles. The second-order valence-corrected chi connectivity index (χ2v) is 6.39. The molecule has 1 heterocycles. The molecular formula is C11H20ClN3O4S. The predicted molar refractivity (Wildman–Crippen MR) is 77.7 cm³/mol. The van der Waals surface area contributed by atoms with Gasteiger partial charge >= 0.3 is 0 Å². The molecule has 0 bridgehead atoms. The molecule has 7 nitrogen and oxygen atoms in total. The van der Waals surface area contributed by atoms with Crippen LogP contribution in [0.1, 0.15) is 17.5 Å². The molecule has 0 aliphatic heterocycles. The summed E-state index contributed by atoms with van der Waals surface area (Å²) in [5, 5.41) is 5.36. The van der Waals surface area contributed by atoms with Crippen LogP contribution in [0.5, 0.6) is 0 Å². The molecule has 0 aliphatic carbocycles. The predicted octanol–water partition coefficient (Wildman–Crippen LogP) is 0.289. The largest absolute Gasteiger partial charge is 0.438 e. The maximum absolute atomic E-state index is 11.8. The van der Waals surface area contributed by atoms with E-state index in [2.05, 4.69) is 10.6 Å². The zero-order valence-electron chi connectivity index (χ0n) is 11.8. The lowest BCUT2D eigenvalue weighted by atomic mass is 10.3. The van der Waals surface area contributed by atoms with Gasteiger partial charge in [0.2, 0.25) is 5.09 Å². The average molecular weight is 326 g/mol. The van der Waals surface area contributed by atoms with Crippen molar-refractivity contribution in [3.8, 4) is 0 Å². The fraction of sp³-hybridized carbons (Fsp3) is 0.545. The van der Waals surface area contributed by atoms with Gasteiger partial charge in [0.15, 0.2) is 5.76 Å². The lowest BCUT2D eigenvalue weighted by Gasteiger charge is -2.10. The number of nitrogens with zero attached hydrogens (tertiary/aromatic N) is 1. The molecule has 1 unspecified atom stereocenters. The van der Waals surface area contributed by atoms with Gasteiger partial charge in [-0.05, 0) is 26.1 Å². The number of carbonyl (C=O) groups is 1. The van der Waals surface area contributed by atoms with Crippen LogP contribution in [0.25, 0.3) is 0 Å². The minimum atomic E-state index is -3.65. The van der Waals surface area contributed by atoms with E-state index in [-0.39, 0.29) is 29.3 Å². The van der Waals surface area contributed by atoms with Gasteiger partial charge in [0, 0.05) is 26.7 Å². The Hall–Kier alpha value is -1.09. The number of halogens is 1. The van der Waals surface area contributed by atoms with Crippen LogP contribution in [0.4, 0.5) is 0 Å². The van der Waals surface area contributed by atoms with Crippen LogP contribution >= 0.6 is 12.4 Å². The van der Waals surface area contributed by atoms with Crippen molar-refractivity contribution in [1.82, 2.24) is 14.9 Å². The first-order valence-corrected chi connectivity index (χ1v) is 7.21. The number of hydrogen-bond acceptors (Lipinski definition) is 5. The van der Waals surface area contributed by atoms with Crippen LogP contribution in [0.3, 0.4) is 0 Å². The maximum atomic E-state index is 11.8. The summed E-state index contributed by atoms with van der Waals surface area (Å²) >= 11 is 0. The molecule has 0 spiro atoms. The monoisotopic (exact) mass is 325 g/mol.